The summed E-state index contributed by atoms with van der Waals surface area (Å²) in [6, 6.07) is 5.95. The van der Waals surface area contributed by atoms with E-state index in [0.717, 1.165) is 30.6 Å². The molecular weight excluding hydrogens is 204 g/mol. The number of ether oxygens (including phenoxy) is 2. The quantitative estimate of drug-likeness (QED) is 0.732. The highest BCUT2D eigenvalue weighted by Gasteiger charge is 2.36. The number of hydrogen-bond donors (Lipinski definition) is 0. The maximum absolute atomic E-state index is 10.5. The molecule has 0 N–H and O–H groups in total. The summed E-state index contributed by atoms with van der Waals surface area (Å²) in [5, 5.41) is 0. The molecule has 86 valence electrons. The number of fused-ring (bicyclic) bond motifs is 1. The van der Waals surface area contributed by atoms with Gasteiger partial charge in [-0.1, -0.05) is 19.4 Å². The summed E-state index contributed by atoms with van der Waals surface area (Å²) in [6.07, 6.45) is 3.19. The van der Waals surface area contributed by atoms with E-state index in [1.807, 2.05) is 18.2 Å². The predicted molar refractivity (Wildman–Crippen MR) is 60.8 cm³/mol. The third kappa shape index (κ3) is 2.03. The van der Waals surface area contributed by atoms with Gasteiger partial charge in [-0.05, 0) is 24.1 Å². The highest BCUT2D eigenvalue weighted by molar-refractivity contribution is 5.53. The average molecular weight is 220 g/mol. The zero-order valence-electron chi connectivity index (χ0n) is 9.66. The third-order valence-corrected chi connectivity index (χ3v) is 2.65. The lowest BCUT2D eigenvalue weighted by Gasteiger charge is -2.19. The van der Waals surface area contributed by atoms with Crippen molar-refractivity contribution < 1.29 is 14.3 Å². The van der Waals surface area contributed by atoms with Crippen molar-refractivity contribution in [2.75, 3.05) is 0 Å². The SMILES string of the molecule is CCCc1ccc2c(c1)OC(C)(CC=O)O2. The van der Waals surface area contributed by atoms with Gasteiger partial charge < -0.3 is 14.3 Å². The van der Waals surface area contributed by atoms with Crippen LogP contribution in [0, 0.1) is 0 Å². The van der Waals surface area contributed by atoms with Crippen LogP contribution in [0.15, 0.2) is 18.2 Å². The zero-order valence-corrected chi connectivity index (χ0v) is 9.66. The molecule has 0 fully saturated rings. The van der Waals surface area contributed by atoms with Crippen LogP contribution < -0.4 is 9.47 Å². The van der Waals surface area contributed by atoms with E-state index in [0.29, 0.717) is 0 Å². The van der Waals surface area contributed by atoms with Crippen molar-refractivity contribution in [2.24, 2.45) is 0 Å². The number of rotatable bonds is 4. The van der Waals surface area contributed by atoms with Gasteiger partial charge in [0.25, 0.3) is 5.79 Å². The molecule has 1 atom stereocenters. The van der Waals surface area contributed by atoms with Gasteiger partial charge in [0.2, 0.25) is 0 Å². The van der Waals surface area contributed by atoms with E-state index >= 15 is 0 Å². The molecule has 1 unspecified atom stereocenters. The summed E-state index contributed by atoms with van der Waals surface area (Å²) in [5.74, 6) is 0.647. The fourth-order valence-corrected chi connectivity index (χ4v) is 1.88. The fraction of sp³-hybridized carbons (Fsp3) is 0.462. The van der Waals surface area contributed by atoms with Crippen LogP contribution >= 0.6 is 0 Å². The molecule has 0 saturated carbocycles. The van der Waals surface area contributed by atoms with Gasteiger partial charge in [-0.15, -0.1) is 0 Å². The highest BCUT2D eigenvalue weighted by Crippen LogP contribution is 2.40. The second-order valence-electron chi connectivity index (χ2n) is 4.24. The second kappa shape index (κ2) is 4.16. The van der Waals surface area contributed by atoms with E-state index in [1.165, 1.54) is 5.56 Å². The monoisotopic (exact) mass is 220 g/mol. The van der Waals surface area contributed by atoms with E-state index in [2.05, 4.69) is 6.92 Å². The number of benzene rings is 1. The summed E-state index contributed by atoms with van der Waals surface area (Å²) < 4.78 is 11.3. The van der Waals surface area contributed by atoms with Crippen molar-refractivity contribution in [1.82, 2.24) is 0 Å². The summed E-state index contributed by atoms with van der Waals surface area (Å²) >= 11 is 0. The minimum atomic E-state index is -0.824. The Morgan fingerprint density at radius 3 is 2.75 bits per heavy atom. The van der Waals surface area contributed by atoms with Gasteiger partial charge in [0.15, 0.2) is 11.5 Å². The summed E-state index contributed by atoms with van der Waals surface area (Å²) in [6.45, 7) is 3.92. The van der Waals surface area contributed by atoms with Gasteiger partial charge in [-0.2, -0.15) is 0 Å². The Kier molecular flexibility index (Phi) is 2.86. The molecule has 0 radical (unpaired) electrons. The summed E-state index contributed by atoms with van der Waals surface area (Å²) in [5.41, 5.74) is 1.24. The molecule has 1 aliphatic heterocycles. The van der Waals surface area contributed by atoms with E-state index in [4.69, 9.17) is 9.47 Å². The van der Waals surface area contributed by atoms with Crippen LogP contribution in [0.25, 0.3) is 0 Å². The van der Waals surface area contributed by atoms with Gasteiger partial charge in [0, 0.05) is 6.92 Å². The van der Waals surface area contributed by atoms with Crippen molar-refractivity contribution in [1.29, 1.82) is 0 Å². The van der Waals surface area contributed by atoms with Crippen molar-refractivity contribution in [3.8, 4) is 11.5 Å². The molecule has 0 bridgehead atoms. The first-order valence-corrected chi connectivity index (χ1v) is 5.61. The highest BCUT2D eigenvalue weighted by atomic mass is 16.7. The molecular formula is C13H16O3. The molecule has 2 rings (SSSR count). The van der Waals surface area contributed by atoms with E-state index < -0.39 is 5.79 Å². The van der Waals surface area contributed by atoms with Crippen LogP contribution in [0.1, 0.15) is 32.3 Å². The van der Waals surface area contributed by atoms with Crippen molar-refractivity contribution in [3.63, 3.8) is 0 Å². The van der Waals surface area contributed by atoms with Gasteiger partial charge >= 0.3 is 0 Å². The Morgan fingerprint density at radius 2 is 2.06 bits per heavy atom. The van der Waals surface area contributed by atoms with Crippen LogP contribution in [0.2, 0.25) is 0 Å². The molecule has 1 aromatic carbocycles. The summed E-state index contributed by atoms with van der Waals surface area (Å²) in [7, 11) is 0. The zero-order chi connectivity index (χ0) is 11.6. The number of carbonyl (C=O) groups is 1. The molecule has 1 heterocycles. The molecule has 16 heavy (non-hydrogen) atoms. The van der Waals surface area contributed by atoms with Gasteiger partial charge in [-0.3, -0.25) is 0 Å². The van der Waals surface area contributed by atoms with Crippen LogP contribution in [0.3, 0.4) is 0 Å². The molecule has 0 spiro atoms. The topological polar surface area (TPSA) is 35.5 Å². The van der Waals surface area contributed by atoms with E-state index in [9.17, 15) is 4.79 Å². The molecule has 1 aromatic rings. The number of carbonyl (C=O) groups excluding carboxylic acids is 1. The van der Waals surface area contributed by atoms with Crippen LogP contribution in [0.4, 0.5) is 0 Å². The maximum atomic E-state index is 10.5. The maximum Gasteiger partial charge on any atom is 0.255 e. The minimum Gasteiger partial charge on any atom is -0.448 e. The van der Waals surface area contributed by atoms with Crippen molar-refractivity contribution >= 4 is 6.29 Å². The van der Waals surface area contributed by atoms with E-state index in [1.54, 1.807) is 6.92 Å². The van der Waals surface area contributed by atoms with Gasteiger partial charge in [-0.25, -0.2) is 0 Å². The molecule has 3 heteroatoms. The predicted octanol–water partition coefficient (Wildman–Crippen LogP) is 2.72. The molecule has 0 amide bonds. The Hall–Kier alpha value is -1.51. The number of aryl methyl sites for hydroxylation is 1. The second-order valence-corrected chi connectivity index (χ2v) is 4.24. The normalized spacial score (nSPS) is 22.1. The smallest absolute Gasteiger partial charge is 0.255 e. The van der Waals surface area contributed by atoms with Gasteiger partial charge in [0.05, 0.1) is 6.42 Å². The van der Waals surface area contributed by atoms with Crippen LogP contribution in [-0.2, 0) is 11.2 Å². The Balaban J connectivity index is 2.20. The minimum absolute atomic E-state index is 0.241. The summed E-state index contributed by atoms with van der Waals surface area (Å²) in [4.78, 5) is 10.5. The lowest BCUT2D eigenvalue weighted by molar-refractivity contribution is -0.120. The lowest BCUT2D eigenvalue weighted by Crippen LogP contribution is -2.34. The van der Waals surface area contributed by atoms with Crippen LogP contribution in [-0.4, -0.2) is 12.1 Å². The third-order valence-electron chi connectivity index (χ3n) is 2.65. The molecule has 0 aromatic heterocycles. The first-order chi connectivity index (χ1) is 7.67. The first-order valence-electron chi connectivity index (χ1n) is 5.61. The van der Waals surface area contributed by atoms with Crippen LogP contribution in [0.5, 0.6) is 11.5 Å². The Labute approximate surface area is 95.4 Å². The number of hydrogen-bond acceptors (Lipinski definition) is 3. The average Bonchev–Trinajstić information content (AvgIpc) is 2.54. The fourth-order valence-electron chi connectivity index (χ4n) is 1.88. The number of aldehydes is 1. The largest absolute Gasteiger partial charge is 0.448 e. The van der Waals surface area contributed by atoms with Crippen molar-refractivity contribution in [2.45, 2.75) is 38.9 Å². The molecule has 0 aliphatic carbocycles. The molecule has 3 nitrogen and oxygen atoms in total. The standard InChI is InChI=1S/C13H16O3/c1-3-4-10-5-6-11-12(9-10)16-13(2,15-11)7-8-14/h5-6,8-9H,3-4,7H2,1-2H3. The van der Waals surface area contributed by atoms with Gasteiger partial charge in [0.1, 0.15) is 6.29 Å². The first kappa shape index (κ1) is 11.0. The Morgan fingerprint density at radius 1 is 1.31 bits per heavy atom. The van der Waals surface area contributed by atoms with Crippen molar-refractivity contribution in [3.05, 3.63) is 23.8 Å². The Bertz CT molecular complexity index is 400. The lowest BCUT2D eigenvalue weighted by atomic mass is 10.1. The van der Waals surface area contributed by atoms with E-state index in [-0.39, 0.29) is 6.42 Å². The molecule has 1 aliphatic rings. The molecule has 0 saturated heterocycles.